The molecule has 6 heteroatoms. The number of aliphatic hydroxyl groups excluding tert-OH is 2. The normalized spacial score (nSPS) is 11.0. The topological polar surface area (TPSA) is 76.6 Å². The van der Waals surface area contributed by atoms with Crippen molar-refractivity contribution in [2.45, 2.75) is 12.8 Å². The highest BCUT2D eigenvalue weighted by molar-refractivity contribution is 5.88. The average molecular weight is 294 g/mol. The number of fused-ring (bicyclic) bond motifs is 1. The highest BCUT2D eigenvalue weighted by Crippen LogP contribution is 2.20. The van der Waals surface area contributed by atoms with Crippen LogP contribution in [-0.4, -0.2) is 52.3 Å². The first kappa shape index (κ1) is 15.5. The van der Waals surface area contributed by atoms with E-state index in [0.29, 0.717) is 18.5 Å². The maximum Gasteiger partial charge on any atom is 0.227 e. The van der Waals surface area contributed by atoms with E-state index in [0.717, 1.165) is 10.9 Å². The molecule has 0 aliphatic heterocycles. The van der Waals surface area contributed by atoms with E-state index in [-0.39, 0.29) is 37.9 Å². The molecule has 0 unspecified atom stereocenters. The zero-order valence-corrected chi connectivity index (χ0v) is 11.7. The summed E-state index contributed by atoms with van der Waals surface area (Å²) in [6.07, 6.45) is 2.35. The molecule has 1 aromatic heterocycles. The number of hydrogen-bond donors (Lipinski definition) is 3. The van der Waals surface area contributed by atoms with Gasteiger partial charge in [0.15, 0.2) is 0 Å². The second kappa shape index (κ2) is 7.19. The Bertz CT molecular complexity index is 612. The number of hydrogen-bond acceptors (Lipinski definition) is 3. The molecule has 0 saturated carbocycles. The monoisotopic (exact) mass is 294 g/mol. The van der Waals surface area contributed by atoms with Gasteiger partial charge in [-0.25, -0.2) is 4.39 Å². The molecule has 5 nitrogen and oxygen atoms in total. The number of halogens is 1. The highest BCUT2D eigenvalue weighted by atomic mass is 19.1. The molecule has 0 saturated heterocycles. The summed E-state index contributed by atoms with van der Waals surface area (Å²) in [5.74, 6) is -0.449. The summed E-state index contributed by atoms with van der Waals surface area (Å²) in [5, 5.41) is 18.7. The second-order valence-electron chi connectivity index (χ2n) is 4.86. The van der Waals surface area contributed by atoms with Crippen LogP contribution in [0, 0.1) is 5.82 Å². The summed E-state index contributed by atoms with van der Waals surface area (Å²) in [5.41, 5.74) is 1.45. The number of nitrogens with one attached hydrogen (secondary N) is 1. The summed E-state index contributed by atoms with van der Waals surface area (Å²) < 4.78 is 13.1. The minimum atomic E-state index is -0.327. The zero-order valence-electron chi connectivity index (χ0n) is 11.7. The fourth-order valence-corrected chi connectivity index (χ4v) is 2.32. The van der Waals surface area contributed by atoms with E-state index in [1.165, 1.54) is 17.0 Å². The maximum absolute atomic E-state index is 13.1. The SMILES string of the molecule is O=C(Cc1c[nH]c2cc(F)ccc12)N(CCO)CCCO. The summed E-state index contributed by atoms with van der Waals surface area (Å²) >= 11 is 0. The van der Waals surface area contributed by atoms with Gasteiger partial charge in [0.25, 0.3) is 0 Å². The van der Waals surface area contributed by atoms with Crippen LogP contribution in [-0.2, 0) is 11.2 Å². The van der Waals surface area contributed by atoms with Crippen LogP contribution in [0.1, 0.15) is 12.0 Å². The van der Waals surface area contributed by atoms with E-state index in [1.54, 1.807) is 12.3 Å². The first-order valence-electron chi connectivity index (χ1n) is 6.90. The van der Waals surface area contributed by atoms with Crippen molar-refractivity contribution in [1.82, 2.24) is 9.88 Å². The molecule has 3 N–H and O–H groups in total. The molecule has 0 aliphatic carbocycles. The molecule has 0 bridgehead atoms. The summed E-state index contributed by atoms with van der Waals surface area (Å²) in [7, 11) is 0. The molecule has 1 aromatic carbocycles. The predicted molar refractivity (Wildman–Crippen MR) is 77.3 cm³/mol. The van der Waals surface area contributed by atoms with Crippen LogP contribution in [0.5, 0.6) is 0 Å². The fourth-order valence-electron chi connectivity index (χ4n) is 2.32. The fraction of sp³-hybridized carbons (Fsp3) is 0.400. The Hall–Kier alpha value is -1.92. The van der Waals surface area contributed by atoms with E-state index >= 15 is 0 Å². The smallest absolute Gasteiger partial charge is 0.227 e. The largest absolute Gasteiger partial charge is 0.396 e. The molecule has 0 fully saturated rings. The van der Waals surface area contributed by atoms with Crippen LogP contribution >= 0.6 is 0 Å². The Balaban J connectivity index is 2.12. The molecular formula is C15H19FN2O3. The molecule has 114 valence electrons. The van der Waals surface area contributed by atoms with Gasteiger partial charge in [-0.1, -0.05) is 0 Å². The summed E-state index contributed by atoms with van der Waals surface area (Å²) in [6.45, 7) is 0.542. The minimum absolute atomic E-state index is 0.00156. The van der Waals surface area contributed by atoms with Crippen molar-refractivity contribution in [3.63, 3.8) is 0 Å². The third-order valence-electron chi connectivity index (χ3n) is 3.38. The Kier molecular flexibility index (Phi) is 5.30. The number of carbonyl (C=O) groups is 1. The van der Waals surface area contributed by atoms with E-state index in [2.05, 4.69) is 4.98 Å². The second-order valence-corrected chi connectivity index (χ2v) is 4.86. The number of amides is 1. The van der Waals surface area contributed by atoms with E-state index in [4.69, 9.17) is 10.2 Å². The number of rotatable bonds is 7. The van der Waals surface area contributed by atoms with Gasteiger partial charge in [0.2, 0.25) is 5.91 Å². The Morgan fingerprint density at radius 2 is 2.05 bits per heavy atom. The molecule has 0 aliphatic rings. The predicted octanol–water partition coefficient (Wildman–Crippen LogP) is 1.05. The van der Waals surface area contributed by atoms with Gasteiger partial charge in [0.05, 0.1) is 13.0 Å². The van der Waals surface area contributed by atoms with Gasteiger partial charge in [-0.2, -0.15) is 0 Å². The van der Waals surface area contributed by atoms with Crippen molar-refractivity contribution in [3.8, 4) is 0 Å². The molecular weight excluding hydrogens is 275 g/mol. The van der Waals surface area contributed by atoms with E-state index in [1.807, 2.05) is 0 Å². The van der Waals surface area contributed by atoms with Gasteiger partial charge in [0, 0.05) is 36.8 Å². The van der Waals surface area contributed by atoms with Gasteiger partial charge in [0.1, 0.15) is 5.82 Å². The Labute approximate surface area is 122 Å². The van der Waals surface area contributed by atoms with Crippen LogP contribution in [0.15, 0.2) is 24.4 Å². The molecule has 21 heavy (non-hydrogen) atoms. The quantitative estimate of drug-likeness (QED) is 0.714. The van der Waals surface area contributed by atoms with Gasteiger partial charge in [-0.05, 0) is 30.2 Å². The van der Waals surface area contributed by atoms with Gasteiger partial charge in [-0.15, -0.1) is 0 Å². The van der Waals surface area contributed by atoms with Gasteiger partial charge >= 0.3 is 0 Å². The number of aliphatic hydroxyl groups is 2. The molecule has 1 amide bonds. The molecule has 0 radical (unpaired) electrons. The van der Waals surface area contributed by atoms with Crippen LogP contribution in [0.2, 0.25) is 0 Å². The maximum atomic E-state index is 13.1. The number of H-pyrrole nitrogens is 1. The van der Waals surface area contributed by atoms with Crippen molar-refractivity contribution in [1.29, 1.82) is 0 Å². The highest BCUT2D eigenvalue weighted by Gasteiger charge is 2.15. The summed E-state index contributed by atoms with van der Waals surface area (Å²) in [4.78, 5) is 16.7. The van der Waals surface area contributed by atoms with E-state index in [9.17, 15) is 9.18 Å². The molecule has 1 heterocycles. The van der Waals surface area contributed by atoms with Crippen LogP contribution in [0.3, 0.4) is 0 Å². The third-order valence-corrected chi connectivity index (χ3v) is 3.38. The van der Waals surface area contributed by atoms with Crippen molar-refractivity contribution in [3.05, 3.63) is 35.8 Å². The van der Waals surface area contributed by atoms with Crippen LogP contribution < -0.4 is 0 Å². The van der Waals surface area contributed by atoms with E-state index < -0.39 is 0 Å². The lowest BCUT2D eigenvalue weighted by Gasteiger charge is -2.21. The summed E-state index contributed by atoms with van der Waals surface area (Å²) in [6, 6.07) is 4.40. The number of carbonyl (C=O) groups excluding carboxylic acids is 1. The van der Waals surface area contributed by atoms with Crippen molar-refractivity contribution in [2.24, 2.45) is 0 Å². The lowest BCUT2D eigenvalue weighted by molar-refractivity contribution is -0.131. The zero-order chi connectivity index (χ0) is 15.2. The van der Waals surface area contributed by atoms with Crippen molar-refractivity contribution < 1.29 is 19.4 Å². The van der Waals surface area contributed by atoms with Gasteiger partial charge in [-0.3, -0.25) is 4.79 Å². The Morgan fingerprint density at radius 3 is 2.76 bits per heavy atom. The first-order valence-corrected chi connectivity index (χ1v) is 6.90. The lowest BCUT2D eigenvalue weighted by Crippen LogP contribution is -2.35. The van der Waals surface area contributed by atoms with Crippen molar-refractivity contribution >= 4 is 16.8 Å². The minimum Gasteiger partial charge on any atom is -0.396 e. The van der Waals surface area contributed by atoms with Crippen LogP contribution in [0.4, 0.5) is 4.39 Å². The number of aromatic amines is 1. The standard InChI is InChI=1S/C15H19FN2O3/c16-12-2-3-13-11(10-17-14(13)9-12)8-15(21)18(5-7-20)4-1-6-19/h2-3,9-10,17,19-20H,1,4-8H2. The Morgan fingerprint density at radius 1 is 1.24 bits per heavy atom. The number of nitrogens with zero attached hydrogens (tertiary/aromatic N) is 1. The molecule has 2 aromatic rings. The van der Waals surface area contributed by atoms with Gasteiger partial charge < -0.3 is 20.1 Å². The third kappa shape index (κ3) is 3.80. The van der Waals surface area contributed by atoms with Crippen LogP contribution in [0.25, 0.3) is 10.9 Å². The number of aromatic nitrogens is 1. The molecule has 2 rings (SSSR count). The average Bonchev–Trinajstić information content (AvgIpc) is 2.85. The molecule has 0 spiro atoms. The van der Waals surface area contributed by atoms with Crippen molar-refractivity contribution in [2.75, 3.05) is 26.3 Å². The number of benzene rings is 1. The first-order chi connectivity index (χ1) is 10.2. The lowest BCUT2D eigenvalue weighted by atomic mass is 10.1. The molecule has 0 atom stereocenters.